The predicted molar refractivity (Wildman–Crippen MR) is 27.5 cm³/mol. The van der Waals surface area contributed by atoms with Gasteiger partial charge in [-0.3, -0.25) is 0 Å². The fraction of sp³-hybridized carbons (Fsp3) is 0.333. The third kappa shape index (κ3) is 0.298. The summed E-state index contributed by atoms with van der Waals surface area (Å²) in [7, 11) is 0. The Balaban J connectivity index is 2.63. The molecule has 0 bridgehead atoms. The van der Waals surface area contributed by atoms with Gasteiger partial charge in [0, 0.05) is 0 Å². The highest BCUT2D eigenvalue weighted by atomic mass is 14.0. The minimum absolute atomic E-state index is 1.43. The van der Waals surface area contributed by atoms with Crippen LogP contribution in [0.1, 0.15) is 13.8 Å². The van der Waals surface area contributed by atoms with Crippen LogP contribution < -0.4 is 0 Å². The van der Waals surface area contributed by atoms with Crippen LogP contribution in [0.4, 0.5) is 0 Å². The van der Waals surface area contributed by atoms with Crippen LogP contribution in [-0.4, -0.2) is 0 Å². The number of rotatable bonds is 0. The molecule has 0 spiro atoms. The molecule has 0 heteroatoms. The molecule has 1 rings (SSSR count). The van der Waals surface area contributed by atoms with Crippen LogP contribution in [0.15, 0.2) is 23.3 Å². The van der Waals surface area contributed by atoms with E-state index in [1.54, 1.807) is 0 Å². The highest BCUT2D eigenvalue weighted by Crippen LogP contribution is 2.16. The van der Waals surface area contributed by atoms with Crippen LogP contribution >= 0.6 is 0 Å². The van der Waals surface area contributed by atoms with Crippen LogP contribution in [0.2, 0.25) is 0 Å². The van der Waals surface area contributed by atoms with Crippen molar-refractivity contribution in [3.63, 3.8) is 0 Å². The highest BCUT2D eigenvalue weighted by molar-refractivity contribution is 5.41. The van der Waals surface area contributed by atoms with Crippen molar-refractivity contribution >= 4 is 0 Å². The van der Waals surface area contributed by atoms with Crippen molar-refractivity contribution in [3.8, 4) is 0 Å². The first kappa shape index (κ1) is 3.66. The maximum atomic E-state index is 2.12. The zero-order chi connectivity index (χ0) is 4.57. The predicted octanol–water partition coefficient (Wildman–Crippen LogP) is 1.89. The Labute approximate surface area is 38.2 Å². The molecule has 0 N–H and O–H groups in total. The third-order valence-corrected chi connectivity index (χ3v) is 1.21. The largest absolute Gasteiger partial charge is 0.0588 e. The van der Waals surface area contributed by atoms with Crippen LogP contribution in [0.5, 0.6) is 0 Å². The fourth-order valence-corrected chi connectivity index (χ4v) is 0.417. The van der Waals surface area contributed by atoms with E-state index in [2.05, 4.69) is 26.0 Å². The topological polar surface area (TPSA) is 0 Å². The smallest absolute Gasteiger partial charge is 0.0395 e. The first-order valence-electron chi connectivity index (χ1n) is 2.16. The quantitative estimate of drug-likeness (QED) is 0.417. The van der Waals surface area contributed by atoms with E-state index >= 15 is 0 Å². The first-order chi connectivity index (χ1) is 2.80. The number of hydrogen-bond acceptors (Lipinski definition) is 0. The van der Waals surface area contributed by atoms with E-state index in [9.17, 15) is 0 Å². The van der Waals surface area contributed by atoms with Crippen molar-refractivity contribution in [2.75, 3.05) is 0 Å². The molecule has 0 saturated carbocycles. The van der Waals surface area contributed by atoms with Gasteiger partial charge in [-0.1, -0.05) is 12.2 Å². The molecule has 0 nitrogen and oxygen atoms in total. The van der Waals surface area contributed by atoms with Crippen LogP contribution in [0.25, 0.3) is 0 Å². The molecule has 1 aliphatic rings. The Morgan fingerprint density at radius 2 is 1.33 bits per heavy atom. The monoisotopic (exact) mass is 80.1 g/mol. The van der Waals surface area contributed by atoms with Crippen molar-refractivity contribution in [1.29, 1.82) is 0 Å². The van der Waals surface area contributed by atoms with Crippen molar-refractivity contribution in [2.24, 2.45) is 0 Å². The van der Waals surface area contributed by atoms with Gasteiger partial charge in [0.25, 0.3) is 0 Å². The molecular formula is C6H8. The molecule has 6 heavy (non-hydrogen) atoms. The molecule has 0 fully saturated rings. The van der Waals surface area contributed by atoms with Crippen LogP contribution in [-0.2, 0) is 0 Å². The Morgan fingerprint density at radius 3 is 1.33 bits per heavy atom. The lowest BCUT2D eigenvalue weighted by molar-refractivity contribution is 1.29. The van der Waals surface area contributed by atoms with Gasteiger partial charge in [-0.15, -0.1) is 0 Å². The maximum absolute atomic E-state index is 2.12. The summed E-state index contributed by atoms with van der Waals surface area (Å²) in [6.07, 6.45) is 4.24. The summed E-state index contributed by atoms with van der Waals surface area (Å²) in [5.74, 6) is 0. The number of allylic oxidation sites excluding steroid dienone is 4. The van der Waals surface area contributed by atoms with Gasteiger partial charge in [-0.2, -0.15) is 0 Å². The molecule has 0 unspecified atom stereocenters. The lowest BCUT2D eigenvalue weighted by atomic mass is 10.0. The second-order valence-corrected chi connectivity index (χ2v) is 1.70. The van der Waals surface area contributed by atoms with Gasteiger partial charge in [0.05, 0.1) is 0 Å². The summed E-state index contributed by atoms with van der Waals surface area (Å²) < 4.78 is 0. The van der Waals surface area contributed by atoms with Gasteiger partial charge in [-0.25, -0.2) is 0 Å². The number of hydrogen-bond donors (Lipinski definition) is 0. The van der Waals surface area contributed by atoms with Gasteiger partial charge in [-0.05, 0) is 25.0 Å². The average molecular weight is 80.1 g/mol. The molecule has 0 aliphatic heterocycles. The lowest BCUT2D eigenvalue weighted by Crippen LogP contribution is -1.85. The second-order valence-electron chi connectivity index (χ2n) is 1.70. The van der Waals surface area contributed by atoms with Gasteiger partial charge in [0.15, 0.2) is 0 Å². The molecule has 0 amide bonds. The van der Waals surface area contributed by atoms with E-state index in [4.69, 9.17) is 0 Å². The summed E-state index contributed by atoms with van der Waals surface area (Å²) in [6.45, 7) is 4.24. The Hall–Kier alpha value is -0.520. The van der Waals surface area contributed by atoms with E-state index in [0.717, 1.165) is 0 Å². The Bertz CT molecular complexity index is 100. The minimum atomic E-state index is 1.43. The molecule has 0 aromatic rings. The normalized spacial score (nSPS) is 18.3. The zero-order valence-corrected chi connectivity index (χ0v) is 4.15. The van der Waals surface area contributed by atoms with E-state index in [1.165, 1.54) is 11.1 Å². The molecule has 32 valence electrons. The standard InChI is InChI=1S/C6H8/c1-5-3-4-6(5)2/h3-4H,1-2H3. The van der Waals surface area contributed by atoms with Crippen molar-refractivity contribution in [2.45, 2.75) is 13.8 Å². The van der Waals surface area contributed by atoms with Gasteiger partial charge in [0.1, 0.15) is 0 Å². The summed E-state index contributed by atoms with van der Waals surface area (Å²) in [5, 5.41) is 0. The highest BCUT2D eigenvalue weighted by Gasteiger charge is 1.95. The van der Waals surface area contributed by atoms with Crippen molar-refractivity contribution in [3.05, 3.63) is 23.3 Å². The summed E-state index contributed by atoms with van der Waals surface area (Å²) in [6, 6.07) is 0. The lowest BCUT2D eigenvalue weighted by Gasteiger charge is -2.05. The van der Waals surface area contributed by atoms with Crippen LogP contribution in [0, 0.1) is 0 Å². The molecule has 0 aromatic carbocycles. The van der Waals surface area contributed by atoms with Gasteiger partial charge in [0.2, 0.25) is 0 Å². The second kappa shape index (κ2) is 0.970. The maximum Gasteiger partial charge on any atom is -0.0395 e. The van der Waals surface area contributed by atoms with Gasteiger partial charge < -0.3 is 0 Å². The SMILES string of the molecule is CC1=CC=C1C. The average Bonchev–Trinajstić information content (AvgIpc) is 1.61. The van der Waals surface area contributed by atoms with E-state index < -0.39 is 0 Å². The molecule has 0 heterocycles. The zero-order valence-electron chi connectivity index (χ0n) is 4.15. The fourth-order valence-electron chi connectivity index (χ4n) is 0.417. The molecule has 0 radical (unpaired) electrons. The molecule has 0 saturated heterocycles. The minimum Gasteiger partial charge on any atom is -0.0588 e. The first-order valence-corrected chi connectivity index (χ1v) is 2.16. The molecular weight excluding hydrogens is 72.1 g/mol. The molecule has 1 aliphatic carbocycles. The van der Waals surface area contributed by atoms with Gasteiger partial charge >= 0.3 is 0 Å². The Kier molecular flexibility index (Phi) is 0.592. The van der Waals surface area contributed by atoms with E-state index in [-0.39, 0.29) is 0 Å². The summed E-state index contributed by atoms with van der Waals surface area (Å²) in [5.41, 5.74) is 2.85. The molecule has 0 atom stereocenters. The van der Waals surface area contributed by atoms with E-state index in [1.807, 2.05) is 0 Å². The molecule has 0 aromatic heterocycles. The van der Waals surface area contributed by atoms with E-state index in [0.29, 0.717) is 0 Å². The summed E-state index contributed by atoms with van der Waals surface area (Å²) in [4.78, 5) is 0. The Morgan fingerprint density at radius 1 is 1.00 bits per heavy atom. The van der Waals surface area contributed by atoms with Crippen LogP contribution in [0.3, 0.4) is 0 Å². The van der Waals surface area contributed by atoms with Crippen molar-refractivity contribution < 1.29 is 0 Å². The summed E-state index contributed by atoms with van der Waals surface area (Å²) >= 11 is 0. The van der Waals surface area contributed by atoms with Crippen molar-refractivity contribution in [1.82, 2.24) is 0 Å². The third-order valence-electron chi connectivity index (χ3n) is 1.21.